The molecule has 26 heavy (non-hydrogen) atoms. The van der Waals surface area contributed by atoms with Gasteiger partial charge in [-0.15, -0.1) is 0 Å². The number of nitrogens with one attached hydrogen (secondary N) is 1. The lowest BCUT2D eigenvalue weighted by Crippen LogP contribution is -2.46. The minimum atomic E-state index is -0.0249. The molecule has 0 radical (unpaired) electrons. The summed E-state index contributed by atoms with van der Waals surface area (Å²) < 4.78 is 0. The van der Waals surface area contributed by atoms with Gasteiger partial charge in [0.15, 0.2) is 0 Å². The Balaban J connectivity index is 1.37. The van der Waals surface area contributed by atoms with Gasteiger partial charge in [0, 0.05) is 25.0 Å². The standard InChI is InChI=1S/C21H31N3O2/c22-19-8-4-7-18(14-19)21(26)23-15-20(25)24-11-9-17(10-12-24)13-16-5-2-1-3-6-16/h1-3,5-6,17-19H,4,7-15,22H2,(H,23,26). The average Bonchev–Trinajstić information content (AvgIpc) is 2.67. The maximum absolute atomic E-state index is 12.4. The molecule has 3 rings (SSSR count). The highest BCUT2D eigenvalue weighted by Gasteiger charge is 2.27. The van der Waals surface area contributed by atoms with E-state index in [-0.39, 0.29) is 30.3 Å². The molecule has 0 bridgehead atoms. The minimum absolute atomic E-state index is 0.00698. The highest BCUT2D eigenvalue weighted by atomic mass is 16.2. The van der Waals surface area contributed by atoms with Gasteiger partial charge in [-0.25, -0.2) is 0 Å². The summed E-state index contributed by atoms with van der Waals surface area (Å²) in [7, 11) is 0. The fourth-order valence-corrected chi connectivity index (χ4v) is 4.22. The van der Waals surface area contributed by atoms with Crippen LogP contribution in [-0.2, 0) is 16.0 Å². The molecule has 1 aliphatic carbocycles. The summed E-state index contributed by atoms with van der Waals surface area (Å²) >= 11 is 0. The van der Waals surface area contributed by atoms with Gasteiger partial charge in [0.1, 0.15) is 0 Å². The molecule has 1 saturated heterocycles. The van der Waals surface area contributed by atoms with Crippen molar-refractivity contribution in [3.63, 3.8) is 0 Å². The lowest BCUT2D eigenvalue weighted by atomic mass is 9.85. The van der Waals surface area contributed by atoms with E-state index in [1.165, 1.54) is 5.56 Å². The number of rotatable bonds is 5. The topological polar surface area (TPSA) is 75.4 Å². The van der Waals surface area contributed by atoms with Gasteiger partial charge in [0.2, 0.25) is 11.8 Å². The van der Waals surface area contributed by atoms with Gasteiger partial charge < -0.3 is 16.0 Å². The normalized spacial score (nSPS) is 24.3. The first-order chi connectivity index (χ1) is 12.6. The number of amides is 2. The Labute approximate surface area is 156 Å². The van der Waals surface area contributed by atoms with Crippen molar-refractivity contribution < 1.29 is 9.59 Å². The fourth-order valence-electron chi connectivity index (χ4n) is 4.22. The molecule has 1 aliphatic heterocycles. The quantitative estimate of drug-likeness (QED) is 0.847. The average molecular weight is 357 g/mol. The smallest absolute Gasteiger partial charge is 0.241 e. The van der Waals surface area contributed by atoms with Crippen LogP contribution in [0.4, 0.5) is 0 Å². The van der Waals surface area contributed by atoms with Crippen LogP contribution in [-0.4, -0.2) is 42.4 Å². The number of hydrogen-bond donors (Lipinski definition) is 2. The van der Waals surface area contributed by atoms with Crippen LogP contribution in [0.2, 0.25) is 0 Å². The predicted octanol–water partition coefficient (Wildman–Crippen LogP) is 2.10. The lowest BCUT2D eigenvalue weighted by Gasteiger charge is -2.32. The number of carbonyl (C=O) groups is 2. The fraction of sp³-hybridized carbons (Fsp3) is 0.619. The van der Waals surface area contributed by atoms with E-state index >= 15 is 0 Å². The van der Waals surface area contributed by atoms with E-state index in [2.05, 4.69) is 29.6 Å². The molecule has 3 N–H and O–H groups in total. The van der Waals surface area contributed by atoms with Gasteiger partial charge in [-0.3, -0.25) is 9.59 Å². The van der Waals surface area contributed by atoms with Gasteiger partial charge >= 0.3 is 0 Å². The first kappa shape index (κ1) is 18.9. The number of likely N-dealkylation sites (tertiary alicyclic amines) is 1. The highest BCUT2D eigenvalue weighted by molar-refractivity contribution is 5.86. The summed E-state index contributed by atoms with van der Waals surface area (Å²) in [4.78, 5) is 26.5. The molecule has 1 heterocycles. The molecule has 2 amide bonds. The van der Waals surface area contributed by atoms with Crippen molar-refractivity contribution in [2.45, 2.75) is 51.0 Å². The number of hydrogen-bond acceptors (Lipinski definition) is 3. The van der Waals surface area contributed by atoms with Gasteiger partial charge in [0.25, 0.3) is 0 Å². The molecule has 1 aromatic rings. The molecule has 5 nitrogen and oxygen atoms in total. The van der Waals surface area contributed by atoms with Crippen LogP contribution in [0.1, 0.15) is 44.1 Å². The number of nitrogens with zero attached hydrogens (tertiary/aromatic N) is 1. The third-order valence-corrected chi connectivity index (χ3v) is 5.83. The molecule has 2 unspecified atom stereocenters. The summed E-state index contributed by atoms with van der Waals surface area (Å²) in [5.41, 5.74) is 7.32. The van der Waals surface area contributed by atoms with Crippen LogP contribution in [0.15, 0.2) is 30.3 Å². The molecule has 0 spiro atoms. The Kier molecular flexibility index (Phi) is 6.67. The largest absolute Gasteiger partial charge is 0.347 e. The molecule has 142 valence electrons. The van der Waals surface area contributed by atoms with E-state index in [9.17, 15) is 9.59 Å². The zero-order valence-corrected chi connectivity index (χ0v) is 15.5. The summed E-state index contributed by atoms with van der Waals surface area (Å²) in [6, 6.07) is 10.7. The molecule has 2 aliphatic rings. The van der Waals surface area contributed by atoms with Gasteiger partial charge in [-0.1, -0.05) is 36.8 Å². The van der Waals surface area contributed by atoms with Crippen LogP contribution in [0.5, 0.6) is 0 Å². The van der Waals surface area contributed by atoms with Crippen LogP contribution in [0.3, 0.4) is 0 Å². The lowest BCUT2D eigenvalue weighted by molar-refractivity contribution is -0.135. The third-order valence-electron chi connectivity index (χ3n) is 5.83. The van der Waals surface area contributed by atoms with Crippen LogP contribution in [0.25, 0.3) is 0 Å². The Morgan fingerprint density at radius 2 is 1.81 bits per heavy atom. The SMILES string of the molecule is NC1CCCC(C(=O)NCC(=O)N2CCC(Cc3ccccc3)CC2)C1. The van der Waals surface area contributed by atoms with Crippen LogP contribution < -0.4 is 11.1 Å². The summed E-state index contributed by atoms with van der Waals surface area (Å²) in [5, 5.41) is 2.84. The molecular weight excluding hydrogens is 326 g/mol. The molecular formula is C21H31N3O2. The minimum Gasteiger partial charge on any atom is -0.347 e. The van der Waals surface area contributed by atoms with Crippen molar-refractivity contribution in [2.75, 3.05) is 19.6 Å². The second kappa shape index (κ2) is 9.17. The Morgan fingerprint density at radius 3 is 2.50 bits per heavy atom. The van der Waals surface area contributed by atoms with E-state index in [0.29, 0.717) is 5.92 Å². The van der Waals surface area contributed by atoms with Gasteiger partial charge in [-0.2, -0.15) is 0 Å². The number of benzene rings is 1. The molecule has 2 fully saturated rings. The van der Waals surface area contributed by atoms with E-state index in [1.54, 1.807) is 0 Å². The van der Waals surface area contributed by atoms with Crippen molar-refractivity contribution in [3.05, 3.63) is 35.9 Å². The zero-order chi connectivity index (χ0) is 18.4. The number of carbonyl (C=O) groups excluding carboxylic acids is 2. The van der Waals surface area contributed by atoms with Crippen molar-refractivity contribution in [1.82, 2.24) is 10.2 Å². The van der Waals surface area contributed by atoms with Crippen molar-refractivity contribution >= 4 is 11.8 Å². The first-order valence-corrected chi connectivity index (χ1v) is 9.97. The molecule has 5 heteroatoms. The van der Waals surface area contributed by atoms with Gasteiger partial charge in [-0.05, 0) is 50.0 Å². The summed E-state index contributed by atoms with van der Waals surface area (Å²) in [5.74, 6) is 0.645. The zero-order valence-electron chi connectivity index (χ0n) is 15.5. The van der Waals surface area contributed by atoms with Crippen LogP contribution >= 0.6 is 0 Å². The van der Waals surface area contributed by atoms with Crippen molar-refractivity contribution in [2.24, 2.45) is 17.6 Å². The second-order valence-corrected chi connectivity index (χ2v) is 7.86. The summed E-state index contributed by atoms with van der Waals surface area (Å²) in [6.45, 7) is 1.70. The van der Waals surface area contributed by atoms with Crippen LogP contribution in [0, 0.1) is 11.8 Å². The maximum atomic E-state index is 12.4. The molecule has 2 atom stereocenters. The monoisotopic (exact) mass is 357 g/mol. The van der Waals surface area contributed by atoms with E-state index in [1.807, 2.05) is 11.0 Å². The third kappa shape index (κ3) is 5.31. The maximum Gasteiger partial charge on any atom is 0.241 e. The second-order valence-electron chi connectivity index (χ2n) is 7.86. The Bertz CT molecular complexity index is 597. The Morgan fingerprint density at radius 1 is 1.08 bits per heavy atom. The van der Waals surface area contributed by atoms with E-state index < -0.39 is 0 Å². The number of nitrogens with two attached hydrogens (primary N) is 1. The predicted molar refractivity (Wildman–Crippen MR) is 102 cm³/mol. The van der Waals surface area contributed by atoms with Gasteiger partial charge in [0.05, 0.1) is 6.54 Å². The van der Waals surface area contributed by atoms with E-state index in [4.69, 9.17) is 5.73 Å². The summed E-state index contributed by atoms with van der Waals surface area (Å²) in [6.07, 6.45) is 6.78. The first-order valence-electron chi connectivity index (χ1n) is 9.97. The highest BCUT2D eigenvalue weighted by Crippen LogP contribution is 2.23. The van der Waals surface area contributed by atoms with E-state index in [0.717, 1.165) is 58.0 Å². The number of piperidine rings is 1. The van der Waals surface area contributed by atoms with Crippen molar-refractivity contribution in [1.29, 1.82) is 0 Å². The molecule has 0 aromatic heterocycles. The molecule has 1 saturated carbocycles. The Hall–Kier alpha value is -1.88. The molecule has 1 aromatic carbocycles. The van der Waals surface area contributed by atoms with Crippen molar-refractivity contribution in [3.8, 4) is 0 Å².